The second-order valence-electron chi connectivity index (χ2n) is 4.49. The van der Waals surface area contributed by atoms with Crippen LogP contribution in [-0.4, -0.2) is 13.2 Å². The van der Waals surface area contributed by atoms with Crippen LogP contribution in [0, 0.1) is 5.41 Å². The molecule has 1 nitrogen and oxygen atoms in total. The Bertz CT molecular complexity index is 463. The summed E-state index contributed by atoms with van der Waals surface area (Å²) in [5.74, 6) is 0. The second-order valence-corrected chi connectivity index (χ2v) is 4.95. The van der Waals surface area contributed by atoms with Gasteiger partial charge < -0.3 is 4.74 Å². The molecule has 0 spiro atoms. The number of ether oxygens (including phenoxy) is 1. The SMILES string of the molecule is C=C(Cl)C1=C=CC=C2C(OC)C2(CCC)C=C1. The Kier molecular flexibility index (Phi) is 3.44. The minimum absolute atomic E-state index is 0.0691. The van der Waals surface area contributed by atoms with Crippen molar-refractivity contribution in [2.45, 2.75) is 25.9 Å². The molecule has 0 saturated heterocycles. The average molecular weight is 249 g/mol. The molecule has 2 unspecified atom stereocenters. The van der Waals surface area contributed by atoms with Crippen molar-refractivity contribution in [3.8, 4) is 0 Å². The Morgan fingerprint density at radius 2 is 2.41 bits per heavy atom. The van der Waals surface area contributed by atoms with E-state index in [1.165, 1.54) is 5.57 Å². The van der Waals surface area contributed by atoms with Crippen molar-refractivity contribution < 1.29 is 4.74 Å². The first-order valence-electron chi connectivity index (χ1n) is 5.90. The molecule has 2 aliphatic rings. The lowest BCUT2D eigenvalue weighted by atomic mass is 9.96. The van der Waals surface area contributed by atoms with Crippen LogP contribution in [-0.2, 0) is 4.74 Å². The summed E-state index contributed by atoms with van der Waals surface area (Å²) in [4.78, 5) is 0. The molecule has 2 aliphatic carbocycles. The van der Waals surface area contributed by atoms with E-state index >= 15 is 0 Å². The second kappa shape index (κ2) is 4.70. The van der Waals surface area contributed by atoms with Gasteiger partial charge in [-0.2, -0.15) is 0 Å². The van der Waals surface area contributed by atoms with Crippen molar-refractivity contribution >= 4 is 11.6 Å². The number of halogens is 1. The lowest BCUT2D eigenvalue weighted by molar-refractivity contribution is 0.156. The van der Waals surface area contributed by atoms with Gasteiger partial charge in [0.05, 0.1) is 6.10 Å². The van der Waals surface area contributed by atoms with E-state index in [9.17, 15) is 0 Å². The van der Waals surface area contributed by atoms with Crippen LogP contribution in [0.4, 0.5) is 0 Å². The summed E-state index contributed by atoms with van der Waals surface area (Å²) in [5.41, 5.74) is 5.38. The molecule has 0 radical (unpaired) electrons. The molecule has 0 aromatic heterocycles. The van der Waals surface area contributed by atoms with Crippen molar-refractivity contribution in [2.24, 2.45) is 5.41 Å². The first-order chi connectivity index (χ1) is 8.15. The van der Waals surface area contributed by atoms with Crippen molar-refractivity contribution in [1.82, 2.24) is 0 Å². The van der Waals surface area contributed by atoms with Gasteiger partial charge in [-0.1, -0.05) is 43.7 Å². The van der Waals surface area contributed by atoms with E-state index in [1.807, 2.05) is 12.2 Å². The molecule has 1 fully saturated rings. The highest BCUT2D eigenvalue weighted by atomic mass is 35.5. The van der Waals surface area contributed by atoms with Crippen LogP contribution in [0.2, 0.25) is 0 Å². The third kappa shape index (κ3) is 2.07. The fraction of sp³-hybridized carbons (Fsp3) is 0.400. The fourth-order valence-electron chi connectivity index (χ4n) is 2.59. The predicted molar refractivity (Wildman–Crippen MR) is 72.0 cm³/mol. The Hall–Kier alpha value is -1.01. The van der Waals surface area contributed by atoms with Gasteiger partial charge in [0, 0.05) is 23.1 Å². The highest BCUT2D eigenvalue weighted by molar-refractivity contribution is 6.31. The molecule has 2 rings (SSSR count). The number of allylic oxidation sites excluding steroid dienone is 4. The first-order valence-corrected chi connectivity index (χ1v) is 6.27. The smallest absolute Gasteiger partial charge is 0.0923 e. The van der Waals surface area contributed by atoms with Crippen LogP contribution in [0.5, 0.6) is 0 Å². The number of hydrogen-bond donors (Lipinski definition) is 0. The van der Waals surface area contributed by atoms with Gasteiger partial charge >= 0.3 is 0 Å². The molecule has 17 heavy (non-hydrogen) atoms. The largest absolute Gasteiger partial charge is 0.376 e. The lowest BCUT2D eigenvalue weighted by Gasteiger charge is -2.10. The van der Waals surface area contributed by atoms with Crippen LogP contribution in [0.1, 0.15) is 19.8 Å². The molecule has 0 bridgehead atoms. The molecule has 1 saturated carbocycles. The zero-order chi connectivity index (χ0) is 12.5. The summed E-state index contributed by atoms with van der Waals surface area (Å²) in [6.07, 6.45) is 10.6. The molecule has 0 aromatic carbocycles. The average Bonchev–Trinajstić information content (AvgIpc) is 2.84. The minimum atomic E-state index is 0.0691. The maximum atomic E-state index is 5.92. The van der Waals surface area contributed by atoms with Gasteiger partial charge in [-0.25, -0.2) is 0 Å². The third-order valence-corrected chi connectivity index (χ3v) is 3.65. The Labute approximate surface area is 108 Å². The van der Waals surface area contributed by atoms with E-state index in [0.717, 1.165) is 18.4 Å². The zero-order valence-corrected chi connectivity index (χ0v) is 11.1. The maximum absolute atomic E-state index is 5.92. The highest BCUT2D eigenvalue weighted by Gasteiger charge is 2.57. The van der Waals surface area contributed by atoms with Gasteiger partial charge in [0.15, 0.2) is 0 Å². The highest BCUT2D eigenvalue weighted by Crippen LogP contribution is 2.59. The van der Waals surface area contributed by atoms with Crippen molar-refractivity contribution in [3.05, 3.63) is 52.8 Å². The first kappa shape index (κ1) is 12.4. The molecular weight excluding hydrogens is 232 g/mol. The van der Waals surface area contributed by atoms with E-state index < -0.39 is 0 Å². The van der Waals surface area contributed by atoms with E-state index in [0.29, 0.717) is 5.03 Å². The number of hydrogen-bond acceptors (Lipinski definition) is 1. The molecular formula is C15H17ClO. The van der Waals surface area contributed by atoms with Crippen LogP contribution in [0.3, 0.4) is 0 Å². The molecule has 90 valence electrons. The topological polar surface area (TPSA) is 9.23 Å². The Morgan fingerprint density at radius 3 is 3.00 bits per heavy atom. The molecule has 0 heterocycles. The van der Waals surface area contributed by atoms with Gasteiger partial charge in [-0.05, 0) is 24.1 Å². The van der Waals surface area contributed by atoms with Gasteiger partial charge in [0.25, 0.3) is 0 Å². The molecule has 0 aromatic rings. The Balaban J connectivity index is 2.36. The molecule has 2 atom stereocenters. The number of fused-ring (bicyclic) bond motifs is 1. The van der Waals surface area contributed by atoms with Crippen LogP contribution in [0.25, 0.3) is 0 Å². The number of rotatable bonds is 4. The molecule has 0 amide bonds. The third-order valence-electron chi connectivity index (χ3n) is 3.45. The summed E-state index contributed by atoms with van der Waals surface area (Å²) in [7, 11) is 1.76. The van der Waals surface area contributed by atoms with Crippen molar-refractivity contribution in [2.75, 3.05) is 7.11 Å². The number of methoxy groups -OCH3 is 1. The summed E-state index contributed by atoms with van der Waals surface area (Å²) >= 11 is 5.92. The van der Waals surface area contributed by atoms with Crippen LogP contribution >= 0.6 is 11.6 Å². The summed E-state index contributed by atoms with van der Waals surface area (Å²) in [6.45, 7) is 5.93. The monoisotopic (exact) mass is 248 g/mol. The molecule has 2 heteroatoms. The molecule has 0 N–H and O–H groups in total. The van der Waals surface area contributed by atoms with Gasteiger partial charge in [-0.15, -0.1) is 5.73 Å². The van der Waals surface area contributed by atoms with E-state index in [1.54, 1.807) is 7.11 Å². The quantitative estimate of drug-likeness (QED) is 0.680. The van der Waals surface area contributed by atoms with Crippen molar-refractivity contribution in [3.63, 3.8) is 0 Å². The zero-order valence-electron chi connectivity index (χ0n) is 10.3. The maximum Gasteiger partial charge on any atom is 0.0923 e. The van der Waals surface area contributed by atoms with Crippen LogP contribution < -0.4 is 0 Å². The van der Waals surface area contributed by atoms with Crippen LogP contribution in [0.15, 0.2) is 52.8 Å². The van der Waals surface area contributed by atoms with E-state index in [-0.39, 0.29) is 11.5 Å². The molecule has 0 aliphatic heterocycles. The summed E-state index contributed by atoms with van der Waals surface area (Å²) < 4.78 is 5.54. The predicted octanol–water partition coefficient (Wildman–Crippen LogP) is 4.13. The van der Waals surface area contributed by atoms with E-state index in [4.69, 9.17) is 16.3 Å². The lowest BCUT2D eigenvalue weighted by Crippen LogP contribution is -2.05. The van der Waals surface area contributed by atoms with Gasteiger partial charge in [-0.3, -0.25) is 0 Å². The fourth-order valence-corrected chi connectivity index (χ4v) is 2.71. The Morgan fingerprint density at radius 1 is 1.65 bits per heavy atom. The standard InChI is InChI=1S/C15H17ClO/c1-4-9-15-10-8-12(11(2)16)6-5-7-13(15)14(15)17-3/h5,7-8,10,14H,2,4,9H2,1,3H3. The van der Waals surface area contributed by atoms with Gasteiger partial charge in [0.1, 0.15) is 0 Å². The minimum Gasteiger partial charge on any atom is -0.376 e. The summed E-state index contributed by atoms with van der Waals surface area (Å²) in [6, 6.07) is 0. The van der Waals surface area contributed by atoms with Gasteiger partial charge in [0.2, 0.25) is 0 Å². The van der Waals surface area contributed by atoms with E-state index in [2.05, 4.69) is 31.4 Å². The summed E-state index contributed by atoms with van der Waals surface area (Å²) in [5, 5.41) is 0.524. The normalized spacial score (nSPS) is 29.9. The van der Waals surface area contributed by atoms with Crippen molar-refractivity contribution in [1.29, 1.82) is 0 Å².